The molecule has 0 saturated carbocycles. The molecule has 0 amide bonds. The van der Waals surface area contributed by atoms with Crippen LogP contribution in [0.1, 0.15) is 29.9 Å². The molecule has 2 aromatic rings. The van der Waals surface area contributed by atoms with Crippen LogP contribution >= 0.6 is 0 Å². The normalized spacial score (nSPS) is 12.2. The van der Waals surface area contributed by atoms with E-state index in [-0.39, 0.29) is 5.88 Å². The van der Waals surface area contributed by atoms with Crippen LogP contribution in [0.4, 0.5) is 5.88 Å². The fraction of sp³-hybridized carbons (Fsp3) is 0.286. The molecule has 6 heteroatoms. The fourth-order valence-corrected chi connectivity index (χ4v) is 1.96. The van der Waals surface area contributed by atoms with E-state index in [0.717, 1.165) is 11.1 Å². The summed E-state index contributed by atoms with van der Waals surface area (Å²) < 4.78 is 10.7. The van der Waals surface area contributed by atoms with E-state index in [0.29, 0.717) is 18.1 Å². The van der Waals surface area contributed by atoms with Crippen molar-refractivity contribution >= 4 is 5.88 Å². The van der Waals surface area contributed by atoms with E-state index in [9.17, 15) is 10.1 Å². The second-order valence-electron chi connectivity index (χ2n) is 4.39. The van der Waals surface area contributed by atoms with Crippen molar-refractivity contribution in [3.05, 3.63) is 57.3 Å². The topological polar surface area (TPSA) is 91.5 Å². The van der Waals surface area contributed by atoms with Gasteiger partial charge in [0.2, 0.25) is 0 Å². The van der Waals surface area contributed by atoms with Gasteiger partial charge in [0.1, 0.15) is 16.4 Å². The number of rotatable bonds is 5. The van der Waals surface area contributed by atoms with E-state index in [2.05, 4.69) is 0 Å². The summed E-state index contributed by atoms with van der Waals surface area (Å²) >= 11 is 0. The Kier molecular flexibility index (Phi) is 4.05. The highest BCUT2D eigenvalue weighted by Crippen LogP contribution is 2.31. The average molecular weight is 276 g/mol. The van der Waals surface area contributed by atoms with Gasteiger partial charge in [-0.3, -0.25) is 10.1 Å². The Labute approximate surface area is 116 Å². The Bertz CT molecular complexity index is 621. The van der Waals surface area contributed by atoms with Gasteiger partial charge >= 0.3 is 5.88 Å². The molecule has 6 nitrogen and oxygen atoms in total. The Morgan fingerprint density at radius 3 is 2.75 bits per heavy atom. The predicted octanol–water partition coefficient (Wildman–Crippen LogP) is 2.94. The molecule has 1 aromatic heterocycles. The van der Waals surface area contributed by atoms with Gasteiger partial charge in [-0.1, -0.05) is 17.7 Å². The summed E-state index contributed by atoms with van der Waals surface area (Å²) in [5.74, 6) is 0.675. The highest BCUT2D eigenvalue weighted by atomic mass is 16.6. The first-order valence-corrected chi connectivity index (χ1v) is 6.26. The molecular weight excluding hydrogens is 260 g/mol. The fourth-order valence-electron chi connectivity index (χ4n) is 1.96. The van der Waals surface area contributed by atoms with Crippen LogP contribution < -0.4 is 10.5 Å². The monoisotopic (exact) mass is 276 g/mol. The van der Waals surface area contributed by atoms with Gasteiger partial charge in [0.25, 0.3) is 0 Å². The number of ether oxygens (including phenoxy) is 1. The lowest BCUT2D eigenvalue weighted by molar-refractivity contribution is -0.402. The summed E-state index contributed by atoms with van der Waals surface area (Å²) in [5, 5.41) is 10.6. The highest BCUT2D eigenvalue weighted by molar-refractivity contribution is 5.42. The van der Waals surface area contributed by atoms with E-state index >= 15 is 0 Å². The maximum absolute atomic E-state index is 10.6. The zero-order chi connectivity index (χ0) is 14.7. The quantitative estimate of drug-likeness (QED) is 0.669. The molecule has 0 aliphatic rings. The third kappa shape index (κ3) is 2.80. The molecule has 1 aromatic carbocycles. The lowest BCUT2D eigenvalue weighted by Gasteiger charge is -2.15. The lowest BCUT2D eigenvalue weighted by Crippen LogP contribution is -2.13. The SMILES string of the molecule is CCOc1ccc(C)cc1C(N)c1ccc([N+](=O)[O-])o1. The van der Waals surface area contributed by atoms with Crippen molar-refractivity contribution in [2.75, 3.05) is 6.61 Å². The van der Waals surface area contributed by atoms with Crippen molar-refractivity contribution < 1.29 is 14.1 Å². The molecule has 0 fully saturated rings. The van der Waals surface area contributed by atoms with Crippen LogP contribution in [0, 0.1) is 17.0 Å². The first kappa shape index (κ1) is 14.1. The van der Waals surface area contributed by atoms with Crippen LogP contribution in [0.25, 0.3) is 0 Å². The van der Waals surface area contributed by atoms with Gasteiger partial charge in [0.15, 0.2) is 0 Å². The van der Waals surface area contributed by atoms with Crippen LogP contribution in [0.5, 0.6) is 5.75 Å². The summed E-state index contributed by atoms with van der Waals surface area (Å²) in [7, 11) is 0. The number of nitro groups is 1. The van der Waals surface area contributed by atoms with Crippen molar-refractivity contribution in [1.29, 1.82) is 0 Å². The van der Waals surface area contributed by atoms with Crippen molar-refractivity contribution in [1.82, 2.24) is 0 Å². The Morgan fingerprint density at radius 1 is 1.40 bits per heavy atom. The molecule has 0 radical (unpaired) electrons. The number of hydrogen-bond donors (Lipinski definition) is 1. The summed E-state index contributed by atoms with van der Waals surface area (Å²) in [4.78, 5) is 10.1. The summed E-state index contributed by atoms with van der Waals surface area (Å²) in [6.45, 7) is 4.34. The molecule has 2 N–H and O–H groups in total. The van der Waals surface area contributed by atoms with Crippen molar-refractivity contribution in [3.63, 3.8) is 0 Å². The molecule has 20 heavy (non-hydrogen) atoms. The minimum Gasteiger partial charge on any atom is -0.494 e. The molecule has 1 heterocycles. The summed E-state index contributed by atoms with van der Waals surface area (Å²) in [6, 6.07) is 7.86. The second kappa shape index (κ2) is 5.75. The van der Waals surface area contributed by atoms with Gasteiger partial charge in [-0.05, 0) is 26.0 Å². The Morgan fingerprint density at radius 2 is 2.15 bits per heavy atom. The first-order valence-electron chi connectivity index (χ1n) is 6.26. The molecule has 1 atom stereocenters. The van der Waals surface area contributed by atoms with E-state index in [1.165, 1.54) is 12.1 Å². The smallest absolute Gasteiger partial charge is 0.433 e. The van der Waals surface area contributed by atoms with E-state index in [1.54, 1.807) is 0 Å². The average Bonchev–Trinajstić information content (AvgIpc) is 2.90. The van der Waals surface area contributed by atoms with Gasteiger partial charge in [-0.2, -0.15) is 0 Å². The van der Waals surface area contributed by atoms with Gasteiger partial charge < -0.3 is 14.9 Å². The summed E-state index contributed by atoms with van der Waals surface area (Å²) in [6.07, 6.45) is 0. The Hall–Kier alpha value is -2.34. The van der Waals surface area contributed by atoms with Crippen LogP contribution in [-0.2, 0) is 0 Å². The van der Waals surface area contributed by atoms with E-state index in [1.807, 2.05) is 32.0 Å². The highest BCUT2D eigenvalue weighted by Gasteiger charge is 2.21. The van der Waals surface area contributed by atoms with Gasteiger partial charge in [0.05, 0.1) is 18.7 Å². The second-order valence-corrected chi connectivity index (χ2v) is 4.39. The Balaban J connectivity index is 2.38. The third-order valence-electron chi connectivity index (χ3n) is 2.90. The van der Waals surface area contributed by atoms with Crippen LogP contribution in [0.3, 0.4) is 0 Å². The molecule has 0 spiro atoms. The number of nitrogens with zero attached hydrogens (tertiary/aromatic N) is 1. The van der Waals surface area contributed by atoms with Gasteiger partial charge in [0, 0.05) is 5.56 Å². The number of furan rings is 1. The molecular formula is C14H16N2O4. The maximum Gasteiger partial charge on any atom is 0.433 e. The van der Waals surface area contributed by atoms with Crippen molar-refractivity contribution in [2.45, 2.75) is 19.9 Å². The minimum atomic E-state index is -0.606. The van der Waals surface area contributed by atoms with E-state index in [4.69, 9.17) is 14.9 Å². The summed E-state index contributed by atoms with van der Waals surface area (Å²) in [5.41, 5.74) is 7.91. The maximum atomic E-state index is 10.6. The molecule has 0 bridgehead atoms. The molecule has 0 aliphatic carbocycles. The number of benzene rings is 1. The zero-order valence-corrected chi connectivity index (χ0v) is 11.3. The molecule has 0 saturated heterocycles. The van der Waals surface area contributed by atoms with Gasteiger partial charge in [-0.15, -0.1) is 0 Å². The van der Waals surface area contributed by atoms with Crippen LogP contribution in [0.15, 0.2) is 34.7 Å². The molecule has 1 unspecified atom stereocenters. The minimum absolute atomic E-state index is 0.318. The van der Waals surface area contributed by atoms with Crippen LogP contribution in [-0.4, -0.2) is 11.5 Å². The van der Waals surface area contributed by atoms with E-state index < -0.39 is 11.0 Å². The third-order valence-corrected chi connectivity index (χ3v) is 2.90. The largest absolute Gasteiger partial charge is 0.494 e. The molecule has 106 valence electrons. The van der Waals surface area contributed by atoms with Crippen LogP contribution in [0.2, 0.25) is 0 Å². The van der Waals surface area contributed by atoms with Gasteiger partial charge in [-0.25, -0.2) is 0 Å². The zero-order valence-electron chi connectivity index (χ0n) is 11.3. The number of hydrogen-bond acceptors (Lipinski definition) is 5. The number of aryl methyl sites for hydroxylation is 1. The standard InChI is InChI=1S/C14H16N2O4/c1-3-19-11-5-4-9(2)8-10(11)14(15)12-6-7-13(20-12)16(17)18/h4-8,14H,3,15H2,1-2H3. The number of nitrogens with two attached hydrogens (primary N) is 1. The first-order chi connectivity index (χ1) is 9.52. The van der Waals surface area contributed by atoms with Crippen molar-refractivity contribution in [2.24, 2.45) is 5.73 Å². The predicted molar refractivity (Wildman–Crippen MR) is 73.7 cm³/mol. The van der Waals surface area contributed by atoms with Crippen molar-refractivity contribution in [3.8, 4) is 5.75 Å². The molecule has 0 aliphatic heterocycles. The molecule has 2 rings (SSSR count). The lowest BCUT2D eigenvalue weighted by atomic mass is 10.0.